The van der Waals surface area contributed by atoms with E-state index < -0.39 is 5.41 Å². The van der Waals surface area contributed by atoms with E-state index in [9.17, 15) is 4.79 Å². The third-order valence-corrected chi connectivity index (χ3v) is 3.14. The number of hydrogen-bond acceptors (Lipinski definition) is 3. The van der Waals surface area contributed by atoms with Gasteiger partial charge in [0, 0.05) is 17.8 Å². The predicted octanol–water partition coefficient (Wildman–Crippen LogP) is 3.08. The number of fused-ring (bicyclic) bond motifs is 1. The second-order valence-corrected chi connectivity index (χ2v) is 4.75. The lowest BCUT2D eigenvalue weighted by Gasteiger charge is -2.24. The van der Waals surface area contributed by atoms with Crippen molar-refractivity contribution in [1.29, 1.82) is 0 Å². The van der Waals surface area contributed by atoms with Gasteiger partial charge >= 0.3 is 5.97 Å². The number of nitrogens with zero attached hydrogens (tertiary/aromatic N) is 1. The van der Waals surface area contributed by atoms with Gasteiger partial charge in [0.25, 0.3) is 0 Å². The standard InChI is InChI=1S/C15H17NO2/c1-4-18-14(17)15(2,3)13-7-5-6-11-8-9-16-10-12(11)13/h5-10H,4H2,1-3H3. The first-order chi connectivity index (χ1) is 8.57. The van der Waals surface area contributed by atoms with Gasteiger partial charge in [-0.1, -0.05) is 18.2 Å². The maximum atomic E-state index is 12.1. The Morgan fingerprint density at radius 1 is 1.33 bits per heavy atom. The number of carbonyl (C=O) groups excluding carboxylic acids is 1. The van der Waals surface area contributed by atoms with Crippen LogP contribution in [0.2, 0.25) is 0 Å². The van der Waals surface area contributed by atoms with E-state index in [2.05, 4.69) is 4.98 Å². The third kappa shape index (κ3) is 2.08. The molecule has 2 aromatic rings. The molecule has 0 N–H and O–H groups in total. The van der Waals surface area contributed by atoms with Crippen molar-refractivity contribution in [2.75, 3.05) is 6.61 Å². The molecule has 3 nitrogen and oxygen atoms in total. The second-order valence-electron chi connectivity index (χ2n) is 4.75. The number of carbonyl (C=O) groups is 1. The van der Waals surface area contributed by atoms with Crippen LogP contribution in [0.25, 0.3) is 10.8 Å². The molecule has 0 fully saturated rings. The molecular formula is C15H17NO2. The summed E-state index contributed by atoms with van der Waals surface area (Å²) in [5.74, 6) is -0.207. The molecule has 0 spiro atoms. The van der Waals surface area contributed by atoms with E-state index in [4.69, 9.17) is 4.74 Å². The van der Waals surface area contributed by atoms with Crippen LogP contribution in [-0.2, 0) is 14.9 Å². The normalized spacial score (nSPS) is 11.5. The summed E-state index contributed by atoms with van der Waals surface area (Å²) in [6.07, 6.45) is 3.55. The maximum Gasteiger partial charge on any atom is 0.315 e. The lowest BCUT2D eigenvalue weighted by molar-refractivity contribution is -0.148. The Bertz CT molecular complexity index is 570. The highest BCUT2D eigenvalue weighted by Gasteiger charge is 2.32. The van der Waals surface area contributed by atoms with E-state index in [1.54, 1.807) is 12.4 Å². The lowest BCUT2D eigenvalue weighted by atomic mass is 9.82. The maximum absolute atomic E-state index is 12.1. The Kier molecular flexibility index (Phi) is 3.32. The highest BCUT2D eigenvalue weighted by Crippen LogP contribution is 2.30. The molecular weight excluding hydrogens is 226 g/mol. The van der Waals surface area contributed by atoms with E-state index in [0.29, 0.717) is 6.61 Å². The number of benzene rings is 1. The first kappa shape index (κ1) is 12.6. The molecule has 0 atom stereocenters. The molecule has 0 bridgehead atoms. The molecule has 18 heavy (non-hydrogen) atoms. The summed E-state index contributed by atoms with van der Waals surface area (Å²) >= 11 is 0. The minimum Gasteiger partial charge on any atom is -0.465 e. The van der Waals surface area contributed by atoms with Crippen LogP contribution in [0.5, 0.6) is 0 Å². The molecule has 0 saturated heterocycles. The fourth-order valence-electron chi connectivity index (χ4n) is 2.08. The Morgan fingerprint density at radius 3 is 2.83 bits per heavy atom. The zero-order valence-electron chi connectivity index (χ0n) is 10.9. The smallest absolute Gasteiger partial charge is 0.315 e. The van der Waals surface area contributed by atoms with Crippen molar-refractivity contribution < 1.29 is 9.53 Å². The van der Waals surface area contributed by atoms with E-state index in [0.717, 1.165) is 16.3 Å². The number of hydrogen-bond donors (Lipinski definition) is 0. The van der Waals surface area contributed by atoms with E-state index in [1.807, 2.05) is 45.0 Å². The summed E-state index contributed by atoms with van der Waals surface area (Å²) in [5, 5.41) is 2.08. The molecule has 0 aliphatic rings. The number of aromatic nitrogens is 1. The summed E-state index contributed by atoms with van der Waals surface area (Å²) < 4.78 is 5.15. The average molecular weight is 243 g/mol. The zero-order chi connectivity index (χ0) is 13.2. The number of esters is 1. The van der Waals surface area contributed by atoms with Crippen LogP contribution in [0.15, 0.2) is 36.7 Å². The van der Waals surface area contributed by atoms with Gasteiger partial charge in [0.05, 0.1) is 12.0 Å². The Balaban J connectivity index is 2.56. The van der Waals surface area contributed by atoms with Gasteiger partial charge in [0.2, 0.25) is 0 Å². The first-order valence-corrected chi connectivity index (χ1v) is 6.08. The van der Waals surface area contributed by atoms with E-state index in [1.165, 1.54) is 0 Å². The molecule has 1 aromatic carbocycles. The third-order valence-electron chi connectivity index (χ3n) is 3.14. The van der Waals surface area contributed by atoms with Crippen LogP contribution in [0.4, 0.5) is 0 Å². The van der Waals surface area contributed by atoms with Crippen LogP contribution < -0.4 is 0 Å². The quantitative estimate of drug-likeness (QED) is 0.778. The van der Waals surface area contributed by atoms with Crippen molar-refractivity contribution in [2.24, 2.45) is 0 Å². The fraction of sp³-hybridized carbons (Fsp3) is 0.333. The van der Waals surface area contributed by atoms with Gasteiger partial charge < -0.3 is 4.74 Å². The number of ether oxygens (including phenoxy) is 1. The molecule has 0 unspecified atom stereocenters. The van der Waals surface area contributed by atoms with Crippen LogP contribution in [0.1, 0.15) is 26.3 Å². The van der Waals surface area contributed by atoms with Crippen molar-refractivity contribution in [2.45, 2.75) is 26.2 Å². The minimum atomic E-state index is -0.668. The van der Waals surface area contributed by atoms with Crippen LogP contribution in [0, 0.1) is 0 Å². The molecule has 0 amide bonds. The monoisotopic (exact) mass is 243 g/mol. The molecule has 0 radical (unpaired) electrons. The van der Waals surface area contributed by atoms with Gasteiger partial charge in [-0.05, 0) is 37.8 Å². The molecule has 1 aromatic heterocycles. The van der Waals surface area contributed by atoms with Gasteiger partial charge in [0.15, 0.2) is 0 Å². The largest absolute Gasteiger partial charge is 0.465 e. The van der Waals surface area contributed by atoms with Crippen molar-refractivity contribution in [1.82, 2.24) is 4.98 Å². The predicted molar refractivity (Wildman–Crippen MR) is 71.4 cm³/mol. The molecule has 94 valence electrons. The van der Waals surface area contributed by atoms with Crippen molar-refractivity contribution in [3.05, 3.63) is 42.2 Å². The van der Waals surface area contributed by atoms with Gasteiger partial charge in [-0.2, -0.15) is 0 Å². The van der Waals surface area contributed by atoms with Crippen molar-refractivity contribution in [3.8, 4) is 0 Å². The lowest BCUT2D eigenvalue weighted by Crippen LogP contribution is -2.31. The Labute approximate surface area is 107 Å². The summed E-state index contributed by atoms with van der Waals surface area (Å²) in [7, 11) is 0. The molecule has 0 aliphatic carbocycles. The zero-order valence-corrected chi connectivity index (χ0v) is 10.9. The summed E-state index contributed by atoms with van der Waals surface area (Å²) in [6.45, 7) is 5.98. The van der Waals surface area contributed by atoms with Crippen molar-refractivity contribution >= 4 is 16.7 Å². The molecule has 1 heterocycles. The number of rotatable bonds is 3. The number of pyridine rings is 1. The van der Waals surface area contributed by atoms with Gasteiger partial charge in [-0.15, -0.1) is 0 Å². The van der Waals surface area contributed by atoms with Gasteiger partial charge in [-0.25, -0.2) is 0 Å². The van der Waals surface area contributed by atoms with Crippen LogP contribution >= 0.6 is 0 Å². The molecule has 0 saturated carbocycles. The molecule has 3 heteroatoms. The van der Waals surface area contributed by atoms with Crippen LogP contribution in [-0.4, -0.2) is 17.6 Å². The highest BCUT2D eigenvalue weighted by molar-refractivity contribution is 5.92. The summed E-state index contributed by atoms with van der Waals surface area (Å²) in [5.41, 5.74) is 0.282. The average Bonchev–Trinajstić information content (AvgIpc) is 2.38. The summed E-state index contributed by atoms with van der Waals surface area (Å²) in [4.78, 5) is 16.2. The highest BCUT2D eigenvalue weighted by atomic mass is 16.5. The SMILES string of the molecule is CCOC(=O)C(C)(C)c1cccc2ccncc12. The minimum absolute atomic E-state index is 0.207. The second kappa shape index (κ2) is 4.77. The van der Waals surface area contributed by atoms with E-state index >= 15 is 0 Å². The Morgan fingerprint density at radius 2 is 2.11 bits per heavy atom. The van der Waals surface area contributed by atoms with E-state index in [-0.39, 0.29) is 5.97 Å². The topological polar surface area (TPSA) is 39.2 Å². The fourth-order valence-corrected chi connectivity index (χ4v) is 2.08. The van der Waals surface area contributed by atoms with Crippen molar-refractivity contribution in [3.63, 3.8) is 0 Å². The van der Waals surface area contributed by atoms with Gasteiger partial charge in [-0.3, -0.25) is 9.78 Å². The summed E-state index contributed by atoms with van der Waals surface area (Å²) in [6, 6.07) is 7.88. The Hall–Kier alpha value is -1.90. The molecule has 0 aliphatic heterocycles. The molecule has 2 rings (SSSR count). The van der Waals surface area contributed by atoms with Gasteiger partial charge in [0.1, 0.15) is 0 Å². The van der Waals surface area contributed by atoms with Crippen LogP contribution in [0.3, 0.4) is 0 Å². The first-order valence-electron chi connectivity index (χ1n) is 6.08.